The topological polar surface area (TPSA) is 69.2 Å². The van der Waals surface area contributed by atoms with Crippen LogP contribution < -0.4 is 19.6 Å². The molecule has 3 aromatic carbocycles. The minimum Gasteiger partial charge on any atom is -0.496 e. The van der Waals surface area contributed by atoms with E-state index in [0.717, 1.165) is 10.8 Å². The molecule has 0 saturated carbocycles. The monoisotopic (exact) mass is 440 g/mol. The highest BCUT2D eigenvalue weighted by Crippen LogP contribution is 2.37. The fraction of sp³-hybridized carbons (Fsp3) is 0.250. The Morgan fingerprint density at radius 3 is 2.48 bits per heavy atom. The van der Waals surface area contributed by atoms with E-state index in [1.54, 1.807) is 18.2 Å². The van der Waals surface area contributed by atoms with Gasteiger partial charge in [-0.25, -0.2) is 5.43 Å². The lowest BCUT2D eigenvalue weighted by molar-refractivity contribution is 0.0952. The highest BCUT2D eigenvalue weighted by Gasteiger charge is 2.15. The number of ether oxygens (including phenoxy) is 3. The molecule has 162 valence electrons. The van der Waals surface area contributed by atoms with Gasteiger partial charge in [0.1, 0.15) is 5.75 Å². The number of rotatable bonds is 8. The lowest BCUT2D eigenvalue weighted by Gasteiger charge is -2.16. The van der Waals surface area contributed by atoms with E-state index in [0.29, 0.717) is 40.0 Å². The Bertz CT molecular complexity index is 1110. The summed E-state index contributed by atoms with van der Waals surface area (Å²) in [5.41, 5.74) is 3.60. The van der Waals surface area contributed by atoms with Gasteiger partial charge < -0.3 is 14.2 Å². The van der Waals surface area contributed by atoms with Gasteiger partial charge in [-0.15, -0.1) is 0 Å². The van der Waals surface area contributed by atoms with Crippen LogP contribution in [0.4, 0.5) is 0 Å². The number of amides is 1. The predicted octanol–water partition coefficient (Wildman–Crippen LogP) is 5.45. The molecule has 0 aromatic heterocycles. The maximum absolute atomic E-state index is 12.7. The van der Waals surface area contributed by atoms with Crippen molar-refractivity contribution in [2.45, 2.75) is 26.9 Å². The zero-order valence-electron chi connectivity index (χ0n) is 17.9. The summed E-state index contributed by atoms with van der Waals surface area (Å²) < 4.78 is 16.8. The standard InChI is InChI=1S/C24H25ClN2O4/c1-5-30-22-11-16(10-20(25)23(22)31-15(2)3)14-26-27-24(28)19-12-17-8-6-7-9-18(17)13-21(19)29-4/h6-15H,5H2,1-4H3,(H,27,28). The minimum absolute atomic E-state index is 0.0487. The molecule has 1 N–H and O–H groups in total. The van der Waals surface area contributed by atoms with Crippen molar-refractivity contribution in [3.05, 3.63) is 64.7 Å². The molecule has 0 atom stereocenters. The van der Waals surface area contributed by atoms with Gasteiger partial charge in [-0.05, 0) is 61.4 Å². The highest BCUT2D eigenvalue weighted by atomic mass is 35.5. The molecule has 0 aliphatic carbocycles. The van der Waals surface area contributed by atoms with Crippen LogP contribution in [0.1, 0.15) is 36.7 Å². The fourth-order valence-corrected chi connectivity index (χ4v) is 3.33. The molecular weight excluding hydrogens is 416 g/mol. The summed E-state index contributed by atoms with van der Waals surface area (Å²) in [7, 11) is 1.53. The highest BCUT2D eigenvalue weighted by molar-refractivity contribution is 6.32. The zero-order valence-corrected chi connectivity index (χ0v) is 18.7. The van der Waals surface area contributed by atoms with Crippen molar-refractivity contribution in [2.75, 3.05) is 13.7 Å². The molecule has 0 radical (unpaired) electrons. The zero-order chi connectivity index (χ0) is 22.4. The van der Waals surface area contributed by atoms with E-state index < -0.39 is 0 Å². The molecule has 0 heterocycles. The molecule has 0 saturated heterocycles. The van der Waals surface area contributed by atoms with Gasteiger partial charge in [-0.3, -0.25) is 4.79 Å². The summed E-state index contributed by atoms with van der Waals surface area (Å²) in [5.74, 6) is 1.10. The van der Waals surface area contributed by atoms with Gasteiger partial charge in [0.2, 0.25) is 0 Å². The second kappa shape index (κ2) is 10.2. The van der Waals surface area contributed by atoms with Crippen molar-refractivity contribution >= 4 is 34.5 Å². The molecule has 7 heteroatoms. The van der Waals surface area contributed by atoms with Crippen LogP contribution >= 0.6 is 11.6 Å². The molecule has 0 aliphatic rings. The number of carbonyl (C=O) groups excluding carboxylic acids is 1. The van der Waals surface area contributed by atoms with Gasteiger partial charge in [0.05, 0.1) is 36.6 Å². The van der Waals surface area contributed by atoms with Gasteiger partial charge in [-0.2, -0.15) is 5.10 Å². The maximum atomic E-state index is 12.7. The first-order valence-corrected chi connectivity index (χ1v) is 10.3. The molecule has 6 nitrogen and oxygen atoms in total. The first kappa shape index (κ1) is 22.4. The molecule has 0 aliphatic heterocycles. The summed E-state index contributed by atoms with van der Waals surface area (Å²) in [5, 5.41) is 6.40. The van der Waals surface area contributed by atoms with Crippen LogP contribution in [0, 0.1) is 0 Å². The van der Waals surface area contributed by atoms with Crippen molar-refractivity contribution in [2.24, 2.45) is 5.10 Å². The van der Waals surface area contributed by atoms with Gasteiger partial charge in [-0.1, -0.05) is 35.9 Å². The normalized spacial score (nSPS) is 11.2. The number of hydrogen-bond donors (Lipinski definition) is 1. The number of carbonyl (C=O) groups is 1. The molecule has 0 spiro atoms. The third kappa shape index (κ3) is 5.47. The van der Waals surface area contributed by atoms with Crippen molar-refractivity contribution in [1.29, 1.82) is 0 Å². The predicted molar refractivity (Wildman–Crippen MR) is 124 cm³/mol. The van der Waals surface area contributed by atoms with Crippen molar-refractivity contribution < 1.29 is 19.0 Å². The second-order valence-corrected chi connectivity index (χ2v) is 7.44. The van der Waals surface area contributed by atoms with Crippen LogP contribution in [0.3, 0.4) is 0 Å². The Kier molecular flexibility index (Phi) is 7.36. The van der Waals surface area contributed by atoms with E-state index >= 15 is 0 Å². The van der Waals surface area contributed by atoms with Gasteiger partial charge in [0.25, 0.3) is 5.91 Å². The number of hydrogen-bond acceptors (Lipinski definition) is 5. The average molecular weight is 441 g/mol. The Balaban J connectivity index is 1.81. The summed E-state index contributed by atoms with van der Waals surface area (Å²) in [6, 6.07) is 14.8. The summed E-state index contributed by atoms with van der Waals surface area (Å²) in [6.07, 6.45) is 1.45. The molecule has 31 heavy (non-hydrogen) atoms. The van der Waals surface area contributed by atoms with Crippen LogP contribution in [-0.4, -0.2) is 31.9 Å². The second-order valence-electron chi connectivity index (χ2n) is 7.03. The van der Waals surface area contributed by atoms with E-state index in [9.17, 15) is 4.79 Å². The third-order valence-electron chi connectivity index (χ3n) is 4.38. The first-order valence-electron chi connectivity index (χ1n) is 9.96. The molecule has 3 rings (SSSR count). The molecule has 0 unspecified atom stereocenters. The Labute approximate surface area is 186 Å². The Morgan fingerprint density at radius 1 is 1.13 bits per heavy atom. The van der Waals surface area contributed by atoms with Crippen LogP contribution in [-0.2, 0) is 0 Å². The minimum atomic E-state index is -0.380. The molecule has 0 bridgehead atoms. The van der Waals surface area contributed by atoms with Crippen LogP contribution in [0.25, 0.3) is 10.8 Å². The van der Waals surface area contributed by atoms with Gasteiger partial charge >= 0.3 is 0 Å². The summed E-state index contributed by atoms with van der Waals surface area (Å²) >= 11 is 6.38. The van der Waals surface area contributed by atoms with Gasteiger partial charge in [0.15, 0.2) is 11.5 Å². The van der Waals surface area contributed by atoms with Crippen molar-refractivity contribution in [1.82, 2.24) is 5.43 Å². The molecule has 3 aromatic rings. The fourth-order valence-electron chi connectivity index (χ4n) is 3.07. The lowest BCUT2D eigenvalue weighted by Crippen LogP contribution is -2.18. The van der Waals surface area contributed by atoms with E-state index in [2.05, 4.69) is 10.5 Å². The SMILES string of the molecule is CCOc1cc(C=NNC(=O)c2cc3ccccc3cc2OC)cc(Cl)c1OC(C)C. The number of hydrazone groups is 1. The quantitative estimate of drug-likeness (QED) is 0.373. The average Bonchev–Trinajstić information content (AvgIpc) is 2.75. The number of nitrogens with zero attached hydrogens (tertiary/aromatic N) is 1. The number of nitrogens with one attached hydrogen (secondary N) is 1. The van der Waals surface area contributed by atoms with Crippen LogP contribution in [0.15, 0.2) is 53.6 Å². The van der Waals surface area contributed by atoms with E-state index in [1.165, 1.54) is 13.3 Å². The first-order chi connectivity index (χ1) is 14.9. The number of methoxy groups -OCH3 is 1. The molecule has 1 amide bonds. The number of fused-ring (bicyclic) bond motifs is 1. The van der Waals surface area contributed by atoms with Crippen LogP contribution in [0.5, 0.6) is 17.2 Å². The van der Waals surface area contributed by atoms with Gasteiger partial charge in [0, 0.05) is 0 Å². The van der Waals surface area contributed by atoms with E-state index in [1.807, 2.05) is 51.1 Å². The van der Waals surface area contributed by atoms with Crippen molar-refractivity contribution in [3.63, 3.8) is 0 Å². The number of halogens is 1. The van der Waals surface area contributed by atoms with E-state index in [-0.39, 0.29) is 12.0 Å². The molecular formula is C24H25ClN2O4. The van der Waals surface area contributed by atoms with E-state index in [4.69, 9.17) is 25.8 Å². The van der Waals surface area contributed by atoms with Crippen LogP contribution in [0.2, 0.25) is 5.02 Å². The Hall–Kier alpha value is -3.25. The lowest BCUT2D eigenvalue weighted by atomic mass is 10.1. The third-order valence-corrected chi connectivity index (χ3v) is 4.66. The largest absolute Gasteiger partial charge is 0.496 e. The Morgan fingerprint density at radius 2 is 1.84 bits per heavy atom. The summed E-state index contributed by atoms with van der Waals surface area (Å²) in [4.78, 5) is 12.7. The number of benzene rings is 3. The smallest absolute Gasteiger partial charge is 0.275 e. The van der Waals surface area contributed by atoms with Crippen molar-refractivity contribution in [3.8, 4) is 17.2 Å². The molecule has 0 fully saturated rings. The maximum Gasteiger partial charge on any atom is 0.275 e. The summed E-state index contributed by atoms with van der Waals surface area (Å²) in [6.45, 7) is 6.17.